The maximum Gasteiger partial charge on any atom is 0.255 e. The second-order valence-electron chi connectivity index (χ2n) is 8.08. The van der Waals surface area contributed by atoms with Gasteiger partial charge in [0, 0.05) is 17.3 Å². The Kier molecular flexibility index (Phi) is 8.80. The van der Waals surface area contributed by atoms with E-state index in [4.69, 9.17) is 0 Å². The molecule has 3 rings (SSSR count). The van der Waals surface area contributed by atoms with Crippen molar-refractivity contribution >= 4 is 29.1 Å². The summed E-state index contributed by atoms with van der Waals surface area (Å²) >= 11 is 0. The fraction of sp³-hybridized carbons (Fsp3) is 0.192. The van der Waals surface area contributed by atoms with Gasteiger partial charge in [0.2, 0.25) is 11.8 Å². The number of anilines is 2. The smallest absolute Gasteiger partial charge is 0.255 e. The highest BCUT2D eigenvalue weighted by Gasteiger charge is 2.18. The van der Waals surface area contributed by atoms with Crippen molar-refractivity contribution < 1.29 is 27.6 Å². The number of carbonyl (C=O) groups is 3. The minimum Gasteiger partial charge on any atom is -0.346 e. The van der Waals surface area contributed by atoms with E-state index in [1.165, 1.54) is 0 Å². The van der Waals surface area contributed by atoms with Gasteiger partial charge in [0.05, 0.1) is 18.8 Å². The largest absolute Gasteiger partial charge is 0.346 e. The van der Waals surface area contributed by atoms with Crippen molar-refractivity contribution in [3.05, 3.63) is 95.3 Å². The van der Waals surface area contributed by atoms with Crippen LogP contribution in [0.25, 0.3) is 0 Å². The molecule has 3 amide bonds. The second-order valence-corrected chi connectivity index (χ2v) is 8.08. The van der Waals surface area contributed by atoms with Crippen molar-refractivity contribution in [1.82, 2.24) is 10.2 Å². The van der Waals surface area contributed by atoms with Crippen LogP contribution in [-0.4, -0.2) is 42.8 Å². The van der Waals surface area contributed by atoms with Gasteiger partial charge in [0.25, 0.3) is 5.91 Å². The van der Waals surface area contributed by atoms with E-state index in [-0.39, 0.29) is 18.5 Å². The number of benzene rings is 3. The Morgan fingerprint density at radius 1 is 0.861 bits per heavy atom. The number of carbonyl (C=O) groups excluding carboxylic acids is 3. The molecule has 0 saturated heterocycles. The first-order valence-electron chi connectivity index (χ1n) is 11.0. The number of halogens is 3. The monoisotopic (exact) mass is 498 g/mol. The molecule has 1 atom stereocenters. The van der Waals surface area contributed by atoms with E-state index >= 15 is 0 Å². The van der Waals surface area contributed by atoms with Crippen molar-refractivity contribution in [3.8, 4) is 0 Å². The highest BCUT2D eigenvalue weighted by Crippen LogP contribution is 2.22. The van der Waals surface area contributed by atoms with Crippen molar-refractivity contribution in [2.24, 2.45) is 0 Å². The Hall–Kier alpha value is -4.18. The predicted octanol–water partition coefficient (Wildman–Crippen LogP) is 4.10. The number of amides is 3. The van der Waals surface area contributed by atoms with Gasteiger partial charge in [-0.1, -0.05) is 30.3 Å². The van der Waals surface area contributed by atoms with E-state index in [1.807, 2.05) is 25.1 Å². The van der Waals surface area contributed by atoms with E-state index in [2.05, 4.69) is 16.0 Å². The zero-order valence-corrected chi connectivity index (χ0v) is 19.6. The Bertz CT molecular complexity index is 1250. The average Bonchev–Trinajstić information content (AvgIpc) is 2.88. The topological polar surface area (TPSA) is 90.5 Å². The van der Waals surface area contributed by atoms with Crippen LogP contribution in [0.5, 0.6) is 0 Å². The maximum atomic E-state index is 13.7. The summed E-state index contributed by atoms with van der Waals surface area (Å²) in [5, 5.41) is 7.33. The number of hydrogen-bond acceptors (Lipinski definition) is 4. The van der Waals surface area contributed by atoms with Crippen LogP contribution in [0.4, 0.5) is 24.5 Å². The van der Waals surface area contributed by atoms with Gasteiger partial charge in [0.15, 0.2) is 17.5 Å². The zero-order chi connectivity index (χ0) is 26.2. The molecule has 0 heterocycles. The lowest BCUT2D eigenvalue weighted by Gasteiger charge is -2.25. The van der Waals surface area contributed by atoms with Gasteiger partial charge >= 0.3 is 0 Å². The molecule has 3 N–H and O–H groups in total. The molecule has 0 unspecified atom stereocenters. The van der Waals surface area contributed by atoms with Crippen LogP contribution >= 0.6 is 0 Å². The highest BCUT2D eigenvalue weighted by atomic mass is 19.2. The molecule has 0 aliphatic heterocycles. The number of hydrogen-bond donors (Lipinski definition) is 3. The van der Waals surface area contributed by atoms with Crippen LogP contribution in [-0.2, 0) is 9.59 Å². The van der Waals surface area contributed by atoms with Crippen LogP contribution in [0, 0.1) is 17.5 Å². The third-order valence-corrected chi connectivity index (χ3v) is 5.47. The van der Waals surface area contributed by atoms with Gasteiger partial charge in [-0.15, -0.1) is 0 Å². The van der Waals surface area contributed by atoms with Crippen LogP contribution in [0.3, 0.4) is 0 Å². The molecule has 3 aromatic rings. The fourth-order valence-electron chi connectivity index (χ4n) is 3.34. The lowest BCUT2D eigenvalue weighted by molar-refractivity contribution is -0.125. The van der Waals surface area contributed by atoms with E-state index in [0.717, 1.165) is 11.6 Å². The van der Waals surface area contributed by atoms with Gasteiger partial charge < -0.3 is 16.0 Å². The first-order valence-corrected chi connectivity index (χ1v) is 11.0. The molecule has 0 fully saturated rings. The van der Waals surface area contributed by atoms with E-state index in [1.54, 1.807) is 48.3 Å². The SMILES string of the molecule is C[C@@H](c1cccc(NC(=O)c2ccccc2)c1)N(C)CC(=O)NCC(=O)Nc1ccc(F)c(F)c1F. The summed E-state index contributed by atoms with van der Waals surface area (Å²) in [7, 11) is 1.72. The molecule has 0 aliphatic carbocycles. The second kappa shape index (κ2) is 12.0. The normalized spacial score (nSPS) is 11.6. The minimum atomic E-state index is -1.70. The number of nitrogens with one attached hydrogen (secondary N) is 3. The van der Waals surface area contributed by atoms with Crippen LogP contribution in [0.1, 0.15) is 28.9 Å². The van der Waals surface area contributed by atoms with Crippen LogP contribution in [0.2, 0.25) is 0 Å². The zero-order valence-electron chi connectivity index (χ0n) is 19.6. The lowest BCUT2D eigenvalue weighted by Crippen LogP contribution is -2.40. The first kappa shape index (κ1) is 26.4. The average molecular weight is 499 g/mol. The molecule has 0 spiro atoms. The van der Waals surface area contributed by atoms with Crippen LogP contribution < -0.4 is 16.0 Å². The Morgan fingerprint density at radius 2 is 1.58 bits per heavy atom. The molecule has 0 radical (unpaired) electrons. The lowest BCUT2D eigenvalue weighted by atomic mass is 10.1. The molecule has 36 heavy (non-hydrogen) atoms. The Labute approximate surface area is 206 Å². The van der Waals surface area contributed by atoms with Gasteiger partial charge in [-0.3, -0.25) is 19.3 Å². The molecular formula is C26H25F3N4O3. The number of rotatable bonds is 9. The molecule has 3 aromatic carbocycles. The molecule has 10 heteroatoms. The van der Waals surface area contributed by atoms with Gasteiger partial charge in [-0.2, -0.15) is 0 Å². The first-order chi connectivity index (χ1) is 17.2. The Morgan fingerprint density at radius 3 is 2.31 bits per heavy atom. The fourth-order valence-corrected chi connectivity index (χ4v) is 3.34. The molecule has 7 nitrogen and oxygen atoms in total. The summed E-state index contributed by atoms with van der Waals surface area (Å²) < 4.78 is 40.0. The third kappa shape index (κ3) is 6.92. The quantitative estimate of drug-likeness (QED) is 0.388. The van der Waals surface area contributed by atoms with Gasteiger partial charge in [0.1, 0.15) is 0 Å². The molecular weight excluding hydrogens is 473 g/mol. The van der Waals surface area contributed by atoms with E-state index in [9.17, 15) is 27.6 Å². The van der Waals surface area contributed by atoms with Crippen molar-refractivity contribution in [2.75, 3.05) is 30.8 Å². The summed E-state index contributed by atoms with van der Waals surface area (Å²) in [6.07, 6.45) is 0. The number of nitrogens with zero attached hydrogens (tertiary/aromatic N) is 1. The van der Waals surface area contributed by atoms with E-state index < -0.39 is 41.5 Å². The van der Waals surface area contributed by atoms with Crippen molar-refractivity contribution in [1.29, 1.82) is 0 Å². The molecule has 0 bridgehead atoms. The predicted molar refractivity (Wildman–Crippen MR) is 130 cm³/mol. The summed E-state index contributed by atoms with van der Waals surface area (Å²) in [5.41, 5.74) is 1.45. The molecule has 0 saturated carbocycles. The summed E-state index contributed by atoms with van der Waals surface area (Å²) in [6.45, 7) is 1.33. The molecule has 188 valence electrons. The van der Waals surface area contributed by atoms with Crippen molar-refractivity contribution in [2.45, 2.75) is 13.0 Å². The van der Waals surface area contributed by atoms with E-state index in [0.29, 0.717) is 17.3 Å². The van der Waals surface area contributed by atoms with Crippen molar-refractivity contribution in [3.63, 3.8) is 0 Å². The summed E-state index contributed by atoms with van der Waals surface area (Å²) in [6, 6.07) is 17.4. The maximum absolute atomic E-state index is 13.7. The molecule has 0 aromatic heterocycles. The van der Waals surface area contributed by atoms with Gasteiger partial charge in [-0.25, -0.2) is 13.2 Å². The molecule has 0 aliphatic rings. The summed E-state index contributed by atoms with van der Waals surface area (Å²) in [4.78, 5) is 38.4. The number of likely N-dealkylation sites (N-methyl/N-ethyl adjacent to an activating group) is 1. The third-order valence-electron chi connectivity index (χ3n) is 5.47. The standard InChI is InChI=1S/C26H25F3N4O3/c1-16(18-9-6-10-19(13-18)31-26(36)17-7-4-3-5-8-17)33(2)15-23(35)30-14-22(34)32-21-12-11-20(27)24(28)25(21)29/h3-13,16H,14-15H2,1-2H3,(H,30,35)(H,31,36)(H,32,34)/t16-/m0/s1. The minimum absolute atomic E-state index is 0.0609. The summed E-state index contributed by atoms with van der Waals surface area (Å²) in [5.74, 6) is -6.11. The Balaban J connectivity index is 1.51. The van der Waals surface area contributed by atoms with Gasteiger partial charge in [-0.05, 0) is 55.9 Å². The van der Waals surface area contributed by atoms with Crippen LogP contribution in [0.15, 0.2) is 66.7 Å². The highest BCUT2D eigenvalue weighted by molar-refractivity contribution is 6.04.